The molecule has 2 heterocycles. The number of carbonyl (C=O) groups is 1. The molecule has 1 aromatic carbocycles. The van der Waals surface area contributed by atoms with E-state index < -0.39 is 10.7 Å². The lowest BCUT2D eigenvalue weighted by Gasteiger charge is -2.32. The summed E-state index contributed by atoms with van der Waals surface area (Å²) in [6, 6.07) is 8.79. The van der Waals surface area contributed by atoms with E-state index in [4.69, 9.17) is 0 Å². The van der Waals surface area contributed by atoms with Gasteiger partial charge in [0.2, 0.25) is 5.82 Å². The van der Waals surface area contributed by atoms with E-state index >= 15 is 0 Å². The van der Waals surface area contributed by atoms with Gasteiger partial charge in [-0.1, -0.05) is 12.1 Å². The second-order valence-electron chi connectivity index (χ2n) is 5.82. The number of pyridine rings is 1. The number of hydrogen-bond donors (Lipinski definition) is 1. The van der Waals surface area contributed by atoms with Crippen molar-refractivity contribution in [2.24, 2.45) is 0 Å². The number of benzene rings is 1. The highest BCUT2D eigenvalue weighted by Gasteiger charge is 2.26. The number of aromatic nitrogens is 1. The molecule has 8 heteroatoms. The molecule has 1 N–H and O–H groups in total. The van der Waals surface area contributed by atoms with Crippen LogP contribution in [0.15, 0.2) is 42.6 Å². The van der Waals surface area contributed by atoms with Gasteiger partial charge in [-0.15, -0.1) is 0 Å². The van der Waals surface area contributed by atoms with Crippen molar-refractivity contribution in [1.82, 2.24) is 9.88 Å². The van der Waals surface area contributed by atoms with Gasteiger partial charge in [0.15, 0.2) is 0 Å². The number of nitrogens with zero attached hydrogens (tertiary/aromatic N) is 3. The van der Waals surface area contributed by atoms with Gasteiger partial charge in [0, 0.05) is 31.4 Å². The monoisotopic (exact) mass is 344 g/mol. The first kappa shape index (κ1) is 16.8. The number of carbonyl (C=O) groups excluding carboxylic acids is 1. The van der Waals surface area contributed by atoms with Gasteiger partial charge in [0.05, 0.1) is 10.5 Å². The minimum Gasteiger partial charge on any atom is -0.361 e. The van der Waals surface area contributed by atoms with E-state index in [2.05, 4.69) is 10.3 Å². The van der Waals surface area contributed by atoms with Crippen molar-refractivity contribution < 1.29 is 14.1 Å². The molecule has 0 bridgehead atoms. The Morgan fingerprint density at radius 1 is 1.24 bits per heavy atom. The highest BCUT2D eigenvalue weighted by Crippen LogP contribution is 2.24. The van der Waals surface area contributed by atoms with Crippen LogP contribution in [0.2, 0.25) is 0 Å². The molecular formula is C17H17FN4O3. The molecule has 25 heavy (non-hydrogen) atoms. The molecule has 0 radical (unpaired) electrons. The maximum absolute atomic E-state index is 13.7. The molecule has 1 aliphatic heterocycles. The normalized spacial score (nSPS) is 15.0. The van der Waals surface area contributed by atoms with E-state index in [1.165, 1.54) is 30.5 Å². The Balaban J connectivity index is 1.62. The van der Waals surface area contributed by atoms with Gasteiger partial charge in [0.1, 0.15) is 5.82 Å². The topological polar surface area (TPSA) is 88.4 Å². The smallest absolute Gasteiger partial charge is 0.311 e. The zero-order valence-electron chi connectivity index (χ0n) is 13.4. The number of hydrogen-bond acceptors (Lipinski definition) is 5. The Morgan fingerprint density at radius 2 is 1.96 bits per heavy atom. The van der Waals surface area contributed by atoms with E-state index in [0.29, 0.717) is 25.9 Å². The number of halogens is 1. The van der Waals surface area contributed by atoms with Crippen LogP contribution in [0.3, 0.4) is 0 Å². The van der Waals surface area contributed by atoms with Crippen LogP contribution in [0.5, 0.6) is 0 Å². The van der Waals surface area contributed by atoms with Crippen molar-refractivity contribution in [3.8, 4) is 0 Å². The highest BCUT2D eigenvalue weighted by molar-refractivity contribution is 5.94. The zero-order chi connectivity index (χ0) is 17.8. The SMILES string of the molecule is O=C(c1ccccc1F)N1CCC(Nc2ncccc2[N+](=O)[O-])CC1. The van der Waals surface area contributed by atoms with Gasteiger partial charge in [-0.2, -0.15) is 0 Å². The summed E-state index contributed by atoms with van der Waals surface area (Å²) in [7, 11) is 0. The Morgan fingerprint density at radius 3 is 2.64 bits per heavy atom. The highest BCUT2D eigenvalue weighted by atomic mass is 19.1. The maximum Gasteiger partial charge on any atom is 0.311 e. The summed E-state index contributed by atoms with van der Waals surface area (Å²) >= 11 is 0. The number of nitro groups is 1. The second-order valence-corrected chi connectivity index (χ2v) is 5.82. The predicted octanol–water partition coefficient (Wildman–Crippen LogP) is 2.85. The van der Waals surface area contributed by atoms with Crippen molar-refractivity contribution in [1.29, 1.82) is 0 Å². The molecule has 0 aliphatic carbocycles. The van der Waals surface area contributed by atoms with Crippen LogP contribution < -0.4 is 5.32 Å². The average Bonchev–Trinajstić information content (AvgIpc) is 2.62. The molecule has 3 rings (SSSR count). The summed E-state index contributed by atoms with van der Waals surface area (Å²) in [6.45, 7) is 0.900. The largest absolute Gasteiger partial charge is 0.361 e. The molecule has 1 aliphatic rings. The van der Waals surface area contributed by atoms with E-state index in [0.717, 1.165) is 0 Å². The lowest BCUT2D eigenvalue weighted by Crippen LogP contribution is -2.42. The third-order valence-electron chi connectivity index (χ3n) is 4.21. The molecule has 1 fully saturated rings. The zero-order valence-corrected chi connectivity index (χ0v) is 13.4. The van der Waals surface area contributed by atoms with Crippen molar-refractivity contribution >= 4 is 17.4 Å². The van der Waals surface area contributed by atoms with Crippen molar-refractivity contribution in [2.75, 3.05) is 18.4 Å². The van der Waals surface area contributed by atoms with Gasteiger partial charge in [-0.3, -0.25) is 14.9 Å². The van der Waals surface area contributed by atoms with E-state index in [1.54, 1.807) is 17.0 Å². The Kier molecular flexibility index (Phi) is 4.87. The Hall–Kier alpha value is -3.03. The number of rotatable bonds is 4. The van der Waals surface area contributed by atoms with Crippen LogP contribution in [0.25, 0.3) is 0 Å². The average molecular weight is 344 g/mol. The molecular weight excluding hydrogens is 327 g/mol. The fourth-order valence-electron chi connectivity index (χ4n) is 2.88. The third kappa shape index (κ3) is 3.73. The van der Waals surface area contributed by atoms with Gasteiger partial charge < -0.3 is 10.2 Å². The molecule has 0 unspecified atom stereocenters. The van der Waals surface area contributed by atoms with E-state index in [1.807, 2.05) is 0 Å². The molecule has 0 saturated carbocycles. The summed E-state index contributed by atoms with van der Waals surface area (Å²) in [5.41, 5.74) is -0.0124. The second kappa shape index (κ2) is 7.25. The maximum atomic E-state index is 13.7. The lowest BCUT2D eigenvalue weighted by atomic mass is 10.0. The van der Waals surface area contributed by atoms with Crippen molar-refractivity contribution in [3.05, 3.63) is 64.1 Å². The van der Waals surface area contributed by atoms with Crippen molar-refractivity contribution in [2.45, 2.75) is 18.9 Å². The number of nitrogens with one attached hydrogen (secondary N) is 1. The van der Waals surface area contributed by atoms with Crippen LogP contribution in [-0.2, 0) is 0 Å². The lowest BCUT2D eigenvalue weighted by molar-refractivity contribution is -0.384. The van der Waals surface area contributed by atoms with Gasteiger partial charge in [-0.25, -0.2) is 9.37 Å². The van der Waals surface area contributed by atoms with Crippen LogP contribution in [0.1, 0.15) is 23.2 Å². The number of piperidine rings is 1. The fourth-order valence-corrected chi connectivity index (χ4v) is 2.88. The molecule has 130 valence electrons. The van der Waals surface area contributed by atoms with E-state index in [9.17, 15) is 19.3 Å². The van der Waals surface area contributed by atoms with Gasteiger partial charge >= 0.3 is 5.69 Å². The van der Waals surface area contributed by atoms with Crippen LogP contribution in [-0.4, -0.2) is 39.8 Å². The molecule has 7 nitrogen and oxygen atoms in total. The first-order valence-electron chi connectivity index (χ1n) is 7.96. The molecule has 1 saturated heterocycles. The summed E-state index contributed by atoms with van der Waals surface area (Å²) in [5, 5.41) is 14.1. The Labute approximate surface area is 143 Å². The Bertz CT molecular complexity index is 791. The number of amides is 1. The van der Waals surface area contributed by atoms with Gasteiger partial charge in [-0.05, 0) is 31.0 Å². The molecule has 1 amide bonds. The van der Waals surface area contributed by atoms with Crippen LogP contribution in [0.4, 0.5) is 15.9 Å². The molecule has 1 aromatic heterocycles. The van der Waals surface area contributed by atoms with E-state index in [-0.39, 0.29) is 29.0 Å². The fraction of sp³-hybridized carbons (Fsp3) is 0.294. The third-order valence-corrected chi connectivity index (χ3v) is 4.21. The minimum atomic E-state index is -0.531. The number of likely N-dealkylation sites (tertiary alicyclic amines) is 1. The summed E-state index contributed by atoms with van der Waals surface area (Å²) in [5.74, 6) is -0.636. The summed E-state index contributed by atoms with van der Waals surface area (Å²) in [4.78, 5) is 28.6. The molecule has 2 aromatic rings. The van der Waals surface area contributed by atoms with Gasteiger partial charge in [0.25, 0.3) is 5.91 Å². The van der Waals surface area contributed by atoms with Crippen LogP contribution >= 0.6 is 0 Å². The number of anilines is 1. The standard InChI is InChI=1S/C17H17FN4O3/c18-14-5-2-1-4-13(14)17(23)21-10-7-12(8-11-21)20-16-15(22(24)25)6-3-9-19-16/h1-6,9,12H,7-8,10-11H2,(H,19,20). The summed E-state index contributed by atoms with van der Waals surface area (Å²) in [6.07, 6.45) is 2.70. The van der Waals surface area contributed by atoms with Crippen molar-refractivity contribution in [3.63, 3.8) is 0 Å². The first-order valence-corrected chi connectivity index (χ1v) is 7.96. The van der Waals surface area contributed by atoms with Crippen LogP contribution in [0, 0.1) is 15.9 Å². The summed E-state index contributed by atoms with van der Waals surface area (Å²) < 4.78 is 13.7. The quantitative estimate of drug-likeness (QED) is 0.680. The predicted molar refractivity (Wildman–Crippen MR) is 89.8 cm³/mol. The molecule has 0 spiro atoms. The minimum absolute atomic E-state index is 0.0294. The first-order chi connectivity index (χ1) is 12.1. The molecule has 0 atom stereocenters.